The highest BCUT2D eigenvalue weighted by Gasteiger charge is 2.25. The molecule has 2 unspecified atom stereocenters. The minimum Gasteiger partial charge on any atom is -0.462 e. The van der Waals surface area contributed by atoms with Crippen LogP contribution in [0.2, 0.25) is 0 Å². The largest absolute Gasteiger partial charge is 0.472 e. The van der Waals surface area contributed by atoms with Gasteiger partial charge in [-0.1, -0.05) is 96.8 Å². The number of esters is 2. The average Bonchev–Trinajstić information content (AvgIpc) is 3.02. The molecule has 0 aromatic carbocycles. The second-order valence-corrected chi connectivity index (χ2v) is 12.5. The van der Waals surface area contributed by atoms with Crippen molar-refractivity contribution in [1.82, 2.24) is 10.6 Å². The number of phosphoric acid groups is 1. The Balaban J connectivity index is 3.96. The second-order valence-electron chi connectivity index (χ2n) is 11.0. The summed E-state index contributed by atoms with van der Waals surface area (Å²) >= 11 is 0. The molecule has 0 saturated carbocycles. The molecule has 15 heteroatoms. The van der Waals surface area contributed by atoms with Crippen LogP contribution < -0.4 is 10.6 Å². The van der Waals surface area contributed by atoms with Gasteiger partial charge in [-0.25, -0.2) is 9.36 Å². The first-order valence-corrected chi connectivity index (χ1v) is 18.2. The van der Waals surface area contributed by atoms with Crippen LogP contribution in [0, 0.1) is 0 Å². The SMILES string of the molecule is CCCCCCCCCCCCCCCCCC(=O)OCC(COP(=O)(O)OCCNC(=O)OCCOCC(=O)NC)OC(C)=O. The standard InChI is InChI=1S/C31H59N2O12P/c1-4-5-6-7-8-9-10-11-12-13-14-15-16-17-18-19-30(36)42-24-28(45-27(2)34)25-44-46(38,39)43-21-20-33-31(37)41-23-22-40-26-29(35)32-3/h28H,4-26H2,1-3H3,(H,32,35)(H,33,37)(H,38,39). The molecule has 0 spiro atoms. The van der Waals surface area contributed by atoms with E-state index in [2.05, 4.69) is 17.6 Å². The molecule has 0 aliphatic heterocycles. The van der Waals surface area contributed by atoms with Gasteiger partial charge in [-0.05, 0) is 6.42 Å². The highest BCUT2D eigenvalue weighted by Crippen LogP contribution is 2.43. The van der Waals surface area contributed by atoms with E-state index in [1.54, 1.807) is 0 Å². The molecule has 0 saturated heterocycles. The number of alkyl carbamates (subject to hydrolysis) is 1. The van der Waals surface area contributed by atoms with Gasteiger partial charge in [-0.3, -0.25) is 23.4 Å². The zero-order valence-electron chi connectivity index (χ0n) is 28.2. The molecule has 0 aliphatic carbocycles. The van der Waals surface area contributed by atoms with E-state index in [1.165, 1.54) is 77.7 Å². The number of nitrogens with one attached hydrogen (secondary N) is 2. The minimum atomic E-state index is -4.57. The fraction of sp³-hybridized carbons (Fsp3) is 0.871. The first-order valence-electron chi connectivity index (χ1n) is 16.7. The van der Waals surface area contributed by atoms with Crippen LogP contribution in [0.1, 0.15) is 117 Å². The van der Waals surface area contributed by atoms with Gasteiger partial charge in [0.1, 0.15) is 19.8 Å². The number of carbonyl (C=O) groups excluding carboxylic acids is 4. The summed E-state index contributed by atoms with van der Waals surface area (Å²) in [6.45, 7) is 1.69. The number of carbonyl (C=O) groups is 4. The summed E-state index contributed by atoms with van der Waals surface area (Å²) in [6, 6.07) is 0. The van der Waals surface area contributed by atoms with Gasteiger partial charge < -0.3 is 34.5 Å². The zero-order chi connectivity index (χ0) is 34.3. The molecule has 0 aliphatic rings. The maximum atomic E-state index is 12.1. The lowest BCUT2D eigenvalue weighted by atomic mass is 10.0. The predicted molar refractivity (Wildman–Crippen MR) is 172 cm³/mol. The molecule has 2 atom stereocenters. The number of rotatable bonds is 31. The van der Waals surface area contributed by atoms with Gasteiger partial charge in [0.15, 0.2) is 6.10 Å². The van der Waals surface area contributed by atoms with E-state index in [4.69, 9.17) is 28.0 Å². The van der Waals surface area contributed by atoms with E-state index in [9.17, 15) is 28.6 Å². The van der Waals surface area contributed by atoms with Gasteiger partial charge in [-0.15, -0.1) is 0 Å². The molecule has 0 heterocycles. The minimum absolute atomic E-state index is 0.00927. The first kappa shape index (κ1) is 43.8. The number of amides is 2. The van der Waals surface area contributed by atoms with Crippen molar-refractivity contribution in [2.45, 2.75) is 123 Å². The Bertz CT molecular complexity index is 861. The Kier molecular flexibility index (Phi) is 28.6. The summed E-state index contributed by atoms with van der Waals surface area (Å²) < 4.78 is 41.8. The molecule has 0 fully saturated rings. The normalized spacial score (nSPS) is 13.0. The molecule has 0 aromatic rings. The maximum absolute atomic E-state index is 12.1. The number of phosphoric ester groups is 1. The van der Waals surface area contributed by atoms with Crippen molar-refractivity contribution in [1.29, 1.82) is 0 Å². The number of unbranched alkanes of at least 4 members (excludes halogenated alkanes) is 14. The van der Waals surface area contributed by atoms with Gasteiger partial charge in [0.2, 0.25) is 5.91 Å². The Labute approximate surface area is 274 Å². The van der Waals surface area contributed by atoms with Crippen molar-refractivity contribution in [2.75, 3.05) is 53.2 Å². The highest BCUT2D eigenvalue weighted by atomic mass is 31.2. The molecular formula is C31H59N2O12P. The Morgan fingerprint density at radius 3 is 1.85 bits per heavy atom. The molecular weight excluding hydrogens is 623 g/mol. The van der Waals surface area contributed by atoms with E-state index in [1.807, 2.05) is 0 Å². The molecule has 3 N–H and O–H groups in total. The summed E-state index contributed by atoms with van der Waals surface area (Å²) in [5.41, 5.74) is 0. The predicted octanol–water partition coefficient (Wildman–Crippen LogP) is 5.35. The number of ether oxygens (including phenoxy) is 4. The molecule has 46 heavy (non-hydrogen) atoms. The van der Waals surface area contributed by atoms with E-state index >= 15 is 0 Å². The van der Waals surface area contributed by atoms with Crippen LogP contribution in [0.5, 0.6) is 0 Å². The number of hydrogen-bond donors (Lipinski definition) is 3. The molecule has 0 aromatic heterocycles. The van der Waals surface area contributed by atoms with Crippen molar-refractivity contribution in [2.24, 2.45) is 0 Å². The van der Waals surface area contributed by atoms with Crippen molar-refractivity contribution in [3.8, 4) is 0 Å². The second kappa shape index (κ2) is 30.1. The third kappa shape index (κ3) is 30.4. The van der Waals surface area contributed by atoms with Crippen LogP contribution in [-0.2, 0) is 46.9 Å². The number of likely N-dealkylation sites (N-methyl/N-ethyl adjacent to an activating group) is 1. The molecule has 0 bridgehead atoms. The Hall–Kier alpha value is -2.25. The fourth-order valence-corrected chi connectivity index (χ4v) is 5.01. The highest BCUT2D eigenvalue weighted by molar-refractivity contribution is 7.47. The lowest BCUT2D eigenvalue weighted by molar-refractivity contribution is -0.159. The zero-order valence-corrected chi connectivity index (χ0v) is 29.1. The smallest absolute Gasteiger partial charge is 0.462 e. The third-order valence-electron chi connectivity index (χ3n) is 6.77. The van der Waals surface area contributed by atoms with Crippen LogP contribution in [0.4, 0.5) is 4.79 Å². The Morgan fingerprint density at radius 1 is 0.739 bits per heavy atom. The van der Waals surface area contributed by atoms with Crippen LogP contribution in [-0.4, -0.2) is 88.2 Å². The van der Waals surface area contributed by atoms with E-state index in [-0.39, 0.29) is 51.9 Å². The van der Waals surface area contributed by atoms with E-state index in [0.29, 0.717) is 6.42 Å². The third-order valence-corrected chi connectivity index (χ3v) is 7.75. The van der Waals surface area contributed by atoms with Crippen molar-refractivity contribution >= 4 is 31.8 Å². The summed E-state index contributed by atoms with van der Waals surface area (Å²) in [6.07, 6.45) is 16.7. The van der Waals surface area contributed by atoms with E-state index in [0.717, 1.165) is 26.2 Å². The monoisotopic (exact) mass is 682 g/mol. The van der Waals surface area contributed by atoms with Gasteiger partial charge in [0.05, 0.1) is 19.8 Å². The van der Waals surface area contributed by atoms with Gasteiger partial charge in [0, 0.05) is 26.9 Å². The van der Waals surface area contributed by atoms with Crippen LogP contribution >= 0.6 is 7.82 Å². The van der Waals surface area contributed by atoms with E-state index < -0.39 is 38.6 Å². The van der Waals surface area contributed by atoms with Crippen LogP contribution in [0.25, 0.3) is 0 Å². The van der Waals surface area contributed by atoms with Gasteiger partial charge in [-0.2, -0.15) is 0 Å². The summed E-state index contributed by atoms with van der Waals surface area (Å²) in [7, 11) is -3.10. The van der Waals surface area contributed by atoms with Gasteiger partial charge >= 0.3 is 25.9 Å². The summed E-state index contributed by atoms with van der Waals surface area (Å²) in [4.78, 5) is 56.0. The fourth-order valence-electron chi connectivity index (χ4n) is 4.26. The van der Waals surface area contributed by atoms with Crippen molar-refractivity contribution < 1.29 is 56.6 Å². The molecule has 0 radical (unpaired) electrons. The first-order chi connectivity index (χ1) is 22.1. The lowest BCUT2D eigenvalue weighted by Gasteiger charge is -2.19. The lowest BCUT2D eigenvalue weighted by Crippen LogP contribution is -2.30. The molecule has 270 valence electrons. The molecule has 0 rings (SSSR count). The average molecular weight is 683 g/mol. The van der Waals surface area contributed by atoms with Crippen LogP contribution in [0.3, 0.4) is 0 Å². The van der Waals surface area contributed by atoms with Crippen molar-refractivity contribution in [3.63, 3.8) is 0 Å². The molecule has 14 nitrogen and oxygen atoms in total. The van der Waals surface area contributed by atoms with Gasteiger partial charge in [0.25, 0.3) is 0 Å². The molecule has 2 amide bonds. The maximum Gasteiger partial charge on any atom is 0.472 e. The number of hydrogen-bond acceptors (Lipinski definition) is 11. The Morgan fingerprint density at radius 2 is 1.30 bits per heavy atom. The topological polar surface area (TPSA) is 185 Å². The van der Waals surface area contributed by atoms with Crippen molar-refractivity contribution in [3.05, 3.63) is 0 Å². The summed E-state index contributed by atoms with van der Waals surface area (Å²) in [5, 5.41) is 4.68. The quantitative estimate of drug-likeness (QED) is 0.0369. The summed E-state index contributed by atoms with van der Waals surface area (Å²) in [5.74, 6) is -1.45. The van der Waals surface area contributed by atoms with Crippen LogP contribution in [0.15, 0.2) is 0 Å².